The minimum atomic E-state index is -0.142. The van der Waals surface area contributed by atoms with Gasteiger partial charge in [-0.1, -0.05) is 11.3 Å². The quantitative estimate of drug-likeness (QED) is 0.471. The number of benzene rings is 1. The summed E-state index contributed by atoms with van der Waals surface area (Å²) in [5, 5.41) is 3.92. The summed E-state index contributed by atoms with van der Waals surface area (Å²) in [6.45, 7) is 7.32. The SMILES string of the molecule is Cc1nc2cc(NC(=O)c3cc4sc(N(C)CCN5CCOCC5)nc4s3)ccc2o1. The summed E-state index contributed by atoms with van der Waals surface area (Å²) < 4.78 is 11.9. The predicted molar refractivity (Wildman–Crippen MR) is 125 cm³/mol. The number of morpholine rings is 1. The van der Waals surface area contributed by atoms with Gasteiger partial charge < -0.3 is 19.4 Å². The Kier molecular flexibility index (Phi) is 5.61. The van der Waals surface area contributed by atoms with Crippen LogP contribution in [0.5, 0.6) is 0 Å². The fourth-order valence-electron chi connectivity index (χ4n) is 3.52. The number of likely N-dealkylation sites (N-methyl/N-ethyl adjacent to an activating group) is 1. The maximum Gasteiger partial charge on any atom is 0.265 e. The molecule has 8 nitrogen and oxygen atoms in total. The average molecular weight is 458 g/mol. The smallest absolute Gasteiger partial charge is 0.265 e. The van der Waals surface area contributed by atoms with Gasteiger partial charge in [-0.3, -0.25) is 9.69 Å². The molecule has 4 aromatic rings. The van der Waals surface area contributed by atoms with Gasteiger partial charge in [-0.15, -0.1) is 11.3 Å². The van der Waals surface area contributed by atoms with E-state index in [1.807, 2.05) is 24.3 Å². The Labute approximate surface area is 187 Å². The summed E-state index contributed by atoms with van der Waals surface area (Å²) in [6, 6.07) is 7.38. The van der Waals surface area contributed by atoms with Gasteiger partial charge in [0, 0.05) is 45.8 Å². The molecule has 0 unspecified atom stereocenters. The Balaban J connectivity index is 1.24. The Morgan fingerprint density at radius 1 is 1.23 bits per heavy atom. The minimum Gasteiger partial charge on any atom is -0.441 e. The van der Waals surface area contributed by atoms with Crippen molar-refractivity contribution in [3.63, 3.8) is 0 Å². The van der Waals surface area contributed by atoms with Crippen LogP contribution in [0.3, 0.4) is 0 Å². The van der Waals surface area contributed by atoms with E-state index in [-0.39, 0.29) is 5.91 Å². The van der Waals surface area contributed by atoms with E-state index in [4.69, 9.17) is 14.1 Å². The van der Waals surface area contributed by atoms with Crippen molar-refractivity contribution in [1.82, 2.24) is 14.9 Å². The zero-order valence-electron chi connectivity index (χ0n) is 17.4. The molecular weight excluding hydrogens is 434 g/mol. The van der Waals surface area contributed by atoms with Gasteiger partial charge in [0.05, 0.1) is 22.8 Å². The number of rotatable bonds is 6. The first-order valence-electron chi connectivity index (χ1n) is 10.2. The molecule has 1 aromatic carbocycles. The Bertz CT molecular complexity index is 1190. The van der Waals surface area contributed by atoms with Gasteiger partial charge in [0.15, 0.2) is 16.6 Å². The van der Waals surface area contributed by atoms with Crippen molar-refractivity contribution in [2.75, 3.05) is 56.7 Å². The first-order valence-corrected chi connectivity index (χ1v) is 11.8. The molecule has 1 aliphatic rings. The lowest BCUT2D eigenvalue weighted by atomic mass is 10.3. The highest BCUT2D eigenvalue weighted by Crippen LogP contribution is 2.34. The molecule has 0 bridgehead atoms. The van der Waals surface area contributed by atoms with Crippen LogP contribution < -0.4 is 10.2 Å². The molecule has 0 atom stereocenters. The van der Waals surface area contributed by atoms with Crippen LogP contribution >= 0.6 is 22.7 Å². The van der Waals surface area contributed by atoms with Crippen LogP contribution in [0.25, 0.3) is 20.6 Å². The molecule has 1 saturated heterocycles. The number of carbonyl (C=O) groups excluding carboxylic acids is 1. The molecule has 0 aliphatic carbocycles. The average Bonchev–Trinajstić information content (AvgIpc) is 3.44. The molecule has 162 valence electrons. The molecule has 4 heterocycles. The molecular formula is C21H23N5O3S2. The monoisotopic (exact) mass is 457 g/mol. The number of hydrogen-bond acceptors (Lipinski definition) is 9. The first kappa shape index (κ1) is 20.4. The number of fused-ring (bicyclic) bond motifs is 2. The lowest BCUT2D eigenvalue weighted by molar-refractivity contribution is 0.0393. The molecule has 0 spiro atoms. The van der Waals surface area contributed by atoms with Crippen molar-refractivity contribution >= 4 is 60.0 Å². The number of carbonyl (C=O) groups is 1. The van der Waals surface area contributed by atoms with E-state index < -0.39 is 0 Å². The molecule has 1 aliphatic heterocycles. The number of amides is 1. The van der Waals surface area contributed by atoms with Crippen LogP contribution in [0.2, 0.25) is 0 Å². The molecule has 1 N–H and O–H groups in total. The highest BCUT2D eigenvalue weighted by molar-refractivity contribution is 7.29. The number of ether oxygens (including phenoxy) is 1. The minimum absolute atomic E-state index is 0.142. The largest absolute Gasteiger partial charge is 0.441 e. The second-order valence-corrected chi connectivity index (χ2v) is 9.56. The van der Waals surface area contributed by atoms with Gasteiger partial charge >= 0.3 is 0 Å². The van der Waals surface area contributed by atoms with Crippen LogP contribution in [-0.4, -0.2) is 67.2 Å². The van der Waals surface area contributed by atoms with Gasteiger partial charge in [0.2, 0.25) is 0 Å². The van der Waals surface area contributed by atoms with E-state index in [0.29, 0.717) is 22.0 Å². The Morgan fingerprint density at radius 2 is 2.06 bits per heavy atom. The number of nitrogens with one attached hydrogen (secondary N) is 1. The van der Waals surface area contributed by atoms with Gasteiger partial charge in [-0.05, 0) is 24.3 Å². The fraction of sp³-hybridized carbons (Fsp3) is 0.381. The Hall–Kier alpha value is -2.53. The molecule has 5 rings (SSSR count). The van der Waals surface area contributed by atoms with E-state index in [2.05, 4.69) is 27.1 Å². The molecule has 10 heteroatoms. The summed E-state index contributed by atoms with van der Waals surface area (Å²) in [6.07, 6.45) is 0. The van der Waals surface area contributed by atoms with Crippen LogP contribution in [0.15, 0.2) is 28.7 Å². The lowest BCUT2D eigenvalue weighted by Crippen LogP contribution is -2.40. The lowest BCUT2D eigenvalue weighted by Gasteiger charge is -2.28. The third kappa shape index (κ3) is 4.42. The number of nitrogens with zero attached hydrogens (tertiary/aromatic N) is 4. The summed E-state index contributed by atoms with van der Waals surface area (Å²) >= 11 is 3.04. The third-order valence-electron chi connectivity index (χ3n) is 5.24. The zero-order valence-corrected chi connectivity index (χ0v) is 19.0. The molecule has 0 saturated carbocycles. The third-order valence-corrected chi connectivity index (χ3v) is 7.51. The van der Waals surface area contributed by atoms with Crippen molar-refractivity contribution in [3.05, 3.63) is 35.0 Å². The highest BCUT2D eigenvalue weighted by Gasteiger charge is 2.17. The highest BCUT2D eigenvalue weighted by atomic mass is 32.1. The standard InChI is InChI=1S/C21H23N5O3S2/c1-13-22-15-11-14(3-4-16(15)29-13)23-19(27)17-12-18-20(30-17)24-21(31-18)25(2)5-6-26-7-9-28-10-8-26/h3-4,11-12H,5-10H2,1-2H3,(H,23,27). The molecule has 31 heavy (non-hydrogen) atoms. The van der Waals surface area contributed by atoms with E-state index in [0.717, 1.165) is 59.6 Å². The normalized spacial score (nSPS) is 15.0. The predicted octanol–water partition coefficient (Wildman–Crippen LogP) is 3.83. The van der Waals surface area contributed by atoms with E-state index >= 15 is 0 Å². The molecule has 3 aromatic heterocycles. The van der Waals surface area contributed by atoms with Gasteiger partial charge in [0.25, 0.3) is 5.91 Å². The van der Waals surface area contributed by atoms with Crippen molar-refractivity contribution in [2.45, 2.75) is 6.92 Å². The van der Waals surface area contributed by atoms with Crippen LogP contribution in [0.1, 0.15) is 15.6 Å². The van der Waals surface area contributed by atoms with Gasteiger partial charge in [-0.25, -0.2) is 9.97 Å². The number of aromatic nitrogens is 2. The number of aryl methyl sites for hydroxylation is 1. The van der Waals surface area contributed by atoms with Gasteiger partial charge in [-0.2, -0.15) is 0 Å². The number of hydrogen-bond donors (Lipinski definition) is 1. The first-order chi connectivity index (χ1) is 15.0. The van der Waals surface area contributed by atoms with Crippen LogP contribution in [-0.2, 0) is 4.74 Å². The number of thiophene rings is 1. The second kappa shape index (κ2) is 8.54. The second-order valence-electron chi connectivity index (χ2n) is 7.52. The maximum atomic E-state index is 12.7. The summed E-state index contributed by atoms with van der Waals surface area (Å²) in [4.78, 5) is 27.9. The number of anilines is 2. The zero-order chi connectivity index (χ0) is 21.4. The van der Waals surface area contributed by atoms with Gasteiger partial charge in [0.1, 0.15) is 10.3 Å². The molecule has 1 amide bonds. The number of oxazole rings is 1. The van der Waals surface area contributed by atoms with Crippen molar-refractivity contribution < 1.29 is 13.9 Å². The van der Waals surface area contributed by atoms with Crippen molar-refractivity contribution in [2.24, 2.45) is 0 Å². The molecule has 0 radical (unpaired) electrons. The fourth-order valence-corrected chi connectivity index (χ4v) is 5.62. The molecule has 1 fully saturated rings. The maximum absolute atomic E-state index is 12.7. The van der Waals surface area contributed by atoms with E-state index in [1.165, 1.54) is 11.3 Å². The summed E-state index contributed by atoms with van der Waals surface area (Å²) in [5.41, 5.74) is 2.13. The van der Waals surface area contributed by atoms with Crippen LogP contribution in [0.4, 0.5) is 10.8 Å². The van der Waals surface area contributed by atoms with Crippen LogP contribution in [0, 0.1) is 6.92 Å². The van der Waals surface area contributed by atoms with E-state index in [1.54, 1.807) is 18.3 Å². The summed E-state index contributed by atoms with van der Waals surface area (Å²) in [5.74, 6) is 0.464. The van der Waals surface area contributed by atoms with E-state index in [9.17, 15) is 4.79 Å². The van der Waals surface area contributed by atoms with Crippen molar-refractivity contribution in [3.8, 4) is 0 Å². The summed E-state index contributed by atoms with van der Waals surface area (Å²) in [7, 11) is 2.07. The Morgan fingerprint density at radius 3 is 2.87 bits per heavy atom. The topological polar surface area (TPSA) is 83.7 Å². The number of thiazole rings is 1. The van der Waals surface area contributed by atoms with Crippen molar-refractivity contribution in [1.29, 1.82) is 0 Å².